The van der Waals surface area contributed by atoms with Gasteiger partial charge in [-0.3, -0.25) is 4.79 Å². The molecule has 1 saturated heterocycles. The molecule has 4 aliphatic rings. The number of hydrogen-bond acceptors (Lipinski definition) is 4. The van der Waals surface area contributed by atoms with Crippen molar-refractivity contribution in [1.82, 2.24) is 4.90 Å². The van der Waals surface area contributed by atoms with Gasteiger partial charge < -0.3 is 10.0 Å². The summed E-state index contributed by atoms with van der Waals surface area (Å²) in [6, 6.07) is -0.278. The predicted octanol–water partition coefficient (Wildman–Crippen LogP) is 2.33. The number of aliphatic carboxylic acids is 1. The molecule has 23 heavy (non-hydrogen) atoms. The molecule has 0 bridgehead atoms. The molecular formula is C16H19F2NO3S. The van der Waals surface area contributed by atoms with Crippen LogP contribution in [0.25, 0.3) is 0 Å². The molecule has 7 atom stereocenters. The van der Waals surface area contributed by atoms with Gasteiger partial charge in [-0.05, 0) is 19.3 Å². The molecule has 126 valence electrons. The lowest BCUT2D eigenvalue weighted by Crippen LogP contribution is -2.67. The zero-order valence-corrected chi connectivity index (χ0v) is 13.3. The molecule has 2 aliphatic carbocycles. The summed E-state index contributed by atoms with van der Waals surface area (Å²) in [4.78, 5) is 25.8. The average molecular weight is 343 g/mol. The van der Waals surface area contributed by atoms with Gasteiger partial charge >= 0.3 is 5.97 Å². The fourth-order valence-electron chi connectivity index (χ4n) is 4.69. The molecule has 1 N–H and O–H groups in total. The van der Waals surface area contributed by atoms with Crippen LogP contribution in [0.2, 0.25) is 0 Å². The minimum atomic E-state index is -1.69. The molecule has 0 aromatic carbocycles. The van der Waals surface area contributed by atoms with E-state index in [1.165, 1.54) is 18.0 Å². The first-order chi connectivity index (χ1) is 11.0. The molecule has 2 heterocycles. The molecule has 0 amide bonds. The molecule has 0 aromatic heterocycles. The van der Waals surface area contributed by atoms with Crippen molar-refractivity contribution in [2.45, 2.75) is 67.0 Å². The fraction of sp³-hybridized carbons (Fsp3) is 0.750. The normalized spacial score (nSPS) is 45.8. The standard InChI is InChI=1S/C16H19F2NO3S/c17-9-5-7-13-15(12(9)18)23-11-4-2-1-3-10(11)19(13)6-8(14(7)20)16(21)22/h6-7,9-13,15H,1-5H2,(H,21,22). The summed E-state index contributed by atoms with van der Waals surface area (Å²) in [6.45, 7) is 0. The summed E-state index contributed by atoms with van der Waals surface area (Å²) < 4.78 is 28.6. The van der Waals surface area contributed by atoms with Crippen LogP contribution in [0, 0.1) is 5.92 Å². The predicted molar refractivity (Wildman–Crippen MR) is 81.7 cm³/mol. The van der Waals surface area contributed by atoms with Gasteiger partial charge in [0.1, 0.15) is 17.9 Å². The van der Waals surface area contributed by atoms with Crippen molar-refractivity contribution in [3.05, 3.63) is 11.8 Å². The maximum absolute atomic E-state index is 14.5. The van der Waals surface area contributed by atoms with Gasteiger partial charge in [0.25, 0.3) is 0 Å². The average Bonchev–Trinajstić information content (AvgIpc) is 2.54. The van der Waals surface area contributed by atoms with E-state index in [0.29, 0.717) is 0 Å². The largest absolute Gasteiger partial charge is 0.478 e. The first kappa shape index (κ1) is 15.4. The smallest absolute Gasteiger partial charge is 0.340 e. The summed E-state index contributed by atoms with van der Waals surface area (Å²) in [6.07, 6.45) is 1.91. The molecule has 2 aliphatic heterocycles. The monoisotopic (exact) mass is 343 g/mol. The Bertz CT molecular complexity index is 584. The molecule has 0 radical (unpaired) electrons. The number of halogens is 2. The Kier molecular flexibility index (Phi) is 3.66. The van der Waals surface area contributed by atoms with Crippen LogP contribution < -0.4 is 0 Å². The van der Waals surface area contributed by atoms with Crippen molar-refractivity contribution >= 4 is 23.5 Å². The summed E-state index contributed by atoms with van der Waals surface area (Å²) in [5.74, 6) is -2.55. The van der Waals surface area contributed by atoms with E-state index < -0.39 is 41.3 Å². The fourth-order valence-corrected chi connectivity index (χ4v) is 6.66. The molecule has 7 unspecified atom stereocenters. The maximum atomic E-state index is 14.5. The number of carbonyl (C=O) groups is 2. The van der Waals surface area contributed by atoms with E-state index >= 15 is 0 Å². The third-order valence-electron chi connectivity index (χ3n) is 5.72. The van der Waals surface area contributed by atoms with Gasteiger partial charge in [-0.1, -0.05) is 12.8 Å². The van der Waals surface area contributed by atoms with Gasteiger partial charge in [-0.2, -0.15) is 0 Å². The highest BCUT2D eigenvalue weighted by Gasteiger charge is 2.58. The summed E-state index contributed by atoms with van der Waals surface area (Å²) in [5.41, 5.74) is -0.272. The maximum Gasteiger partial charge on any atom is 0.340 e. The van der Waals surface area contributed by atoms with E-state index in [1.54, 1.807) is 0 Å². The number of nitrogens with zero attached hydrogens (tertiary/aromatic N) is 1. The Morgan fingerprint density at radius 3 is 2.78 bits per heavy atom. The second kappa shape index (κ2) is 5.46. The third kappa shape index (κ3) is 2.22. The molecule has 0 spiro atoms. The van der Waals surface area contributed by atoms with Gasteiger partial charge in [0, 0.05) is 23.4 Å². The molecule has 4 rings (SSSR count). The molecule has 0 aromatic rings. The van der Waals surface area contributed by atoms with E-state index in [9.17, 15) is 23.5 Å². The molecule has 4 nitrogen and oxygen atoms in total. The highest BCUT2D eigenvalue weighted by atomic mass is 32.2. The Balaban J connectivity index is 1.79. The van der Waals surface area contributed by atoms with Crippen LogP contribution in [0.1, 0.15) is 32.1 Å². The highest BCUT2D eigenvalue weighted by Crippen LogP contribution is 2.51. The van der Waals surface area contributed by atoms with E-state index in [4.69, 9.17) is 0 Å². The quantitative estimate of drug-likeness (QED) is 0.741. The number of carbonyl (C=O) groups excluding carboxylic acids is 1. The van der Waals surface area contributed by atoms with Crippen molar-refractivity contribution in [3.8, 4) is 0 Å². The number of alkyl halides is 2. The molecule has 3 fully saturated rings. The van der Waals surface area contributed by atoms with Crippen LogP contribution in [0.5, 0.6) is 0 Å². The summed E-state index contributed by atoms with van der Waals surface area (Å²) in [5, 5.41) is 8.93. The Morgan fingerprint density at radius 1 is 1.30 bits per heavy atom. The number of carboxylic acids is 1. The van der Waals surface area contributed by atoms with E-state index in [1.807, 2.05) is 4.90 Å². The third-order valence-corrected chi connectivity index (χ3v) is 7.48. The highest BCUT2D eigenvalue weighted by molar-refractivity contribution is 8.00. The zero-order chi connectivity index (χ0) is 16.3. The second-order valence-corrected chi connectivity index (χ2v) is 8.37. The number of thioether (sulfide) groups is 1. The van der Waals surface area contributed by atoms with Crippen molar-refractivity contribution in [1.29, 1.82) is 0 Å². The van der Waals surface area contributed by atoms with Crippen LogP contribution in [-0.4, -0.2) is 56.7 Å². The molecular weight excluding hydrogens is 324 g/mol. The van der Waals surface area contributed by atoms with Crippen LogP contribution in [0.3, 0.4) is 0 Å². The van der Waals surface area contributed by atoms with E-state index in [2.05, 4.69) is 0 Å². The zero-order valence-electron chi connectivity index (χ0n) is 12.5. The molecule has 2 saturated carbocycles. The Morgan fingerprint density at radius 2 is 2.04 bits per heavy atom. The first-order valence-electron chi connectivity index (χ1n) is 8.19. The topological polar surface area (TPSA) is 57.6 Å². The number of ketones is 1. The SMILES string of the molecule is O=C(O)C1=CN2C3CCCCC3SC3C(F)C(F)CC(C1=O)C32. The number of rotatable bonds is 1. The van der Waals surface area contributed by atoms with Crippen LogP contribution in [0.4, 0.5) is 8.78 Å². The van der Waals surface area contributed by atoms with Crippen molar-refractivity contribution in [2.75, 3.05) is 0 Å². The van der Waals surface area contributed by atoms with Crippen LogP contribution in [0.15, 0.2) is 11.8 Å². The van der Waals surface area contributed by atoms with Gasteiger partial charge in [-0.25, -0.2) is 13.6 Å². The number of Topliss-reactive ketones (excluding diaryl/α,β-unsaturated/α-hetero) is 1. The van der Waals surface area contributed by atoms with Crippen molar-refractivity contribution in [2.24, 2.45) is 5.92 Å². The lowest BCUT2D eigenvalue weighted by atomic mass is 9.73. The summed E-state index contributed by atoms with van der Waals surface area (Å²) in [7, 11) is 0. The van der Waals surface area contributed by atoms with E-state index in [-0.39, 0.29) is 23.3 Å². The minimum Gasteiger partial charge on any atom is -0.478 e. The number of fused-ring (bicyclic) bond motifs is 2. The lowest BCUT2D eigenvalue weighted by Gasteiger charge is -2.57. The van der Waals surface area contributed by atoms with Gasteiger partial charge in [0.2, 0.25) is 0 Å². The molecule has 7 heteroatoms. The number of carboxylic acid groups (broad SMARTS) is 1. The van der Waals surface area contributed by atoms with Crippen LogP contribution >= 0.6 is 11.8 Å². The van der Waals surface area contributed by atoms with Gasteiger partial charge in [0.15, 0.2) is 5.78 Å². The van der Waals surface area contributed by atoms with Crippen molar-refractivity contribution in [3.63, 3.8) is 0 Å². The van der Waals surface area contributed by atoms with Crippen molar-refractivity contribution < 1.29 is 23.5 Å². The summed E-state index contributed by atoms with van der Waals surface area (Å²) >= 11 is 1.49. The van der Waals surface area contributed by atoms with E-state index in [0.717, 1.165) is 25.7 Å². The second-order valence-electron chi connectivity index (χ2n) is 6.94. The van der Waals surface area contributed by atoms with Gasteiger partial charge in [0.05, 0.1) is 11.3 Å². The lowest BCUT2D eigenvalue weighted by molar-refractivity contribution is -0.138. The minimum absolute atomic E-state index is 0.128. The number of hydrogen-bond donors (Lipinski definition) is 1. The Labute approximate surface area is 137 Å². The van der Waals surface area contributed by atoms with Gasteiger partial charge in [-0.15, -0.1) is 11.8 Å². The first-order valence-corrected chi connectivity index (χ1v) is 9.13. The van der Waals surface area contributed by atoms with Crippen LogP contribution in [-0.2, 0) is 9.59 Å². The Hall–Kier alpha value is -1.11.